The van der Waals surface area contributed by atoms with Crippen molar-refractivity contribution >= 4 is 5.78 Å². The molecule has 0 saturated heterocycles. The van der Waals surface area contributed by atoms with Gasteiger partial charge in [-0.25, -0.2) is 0 Å². The summed E-state index contributed by atoms with van der Waals surface area (Å²) in [5.41, 5.74) is 3.03. The highest BCUT2D eigenvalue weighted by Crippen LogP contribution is 2.17. The first kappa shape index (κ1) is 12.6. The minimum Gasteiger partial charge on any atom is -0.469 e. The third kappa shape index (κ3) is 2.70. The van der Waals surface area contributed by atoms with Crippen LogP contribution in [0.2, 0.25) is 0 Å². The van der Waals surface area contributed by atoms with Crippen molar-refractivity contribution in [2.75, 3.05) is 0 Å². The van der Waals surface area contributed by atoms with E-state index in [0.717, 1.165) is 5.56 Å². The molecule has 1 heterocycles. The molecule has 2 rings (SSSR count). The Bertz CT molecular complexity index is 532. The fraction of sp³-hybridized carbons (Fsp3) is 0.312. The summed E-state index contributed by atoms with van der Waals surface area (Å²) >= 11 is 0. The van der Waals surface area contributed by atoms with Crippen LogP contribution in [-0.4, -0.2) is 5.78 Å². The molecule has 1 aromatic heterocycles. The zero-order chi connectivity index (χ0) is 13.1. The summed E-state index contributed by atoms with van der Waals surface area (Å²) in [6.45, 7) is 6.14. The van der Waals surface area contributed by atoms with Crippen molar-refractivity contribution in [3.05, 3.63) is 59.0 Å². The van der Waals surface area contributed by atoms with Crippen LogP contribution in [0.4, 0.5) is 0 Å². The number of carbonyl (C=O) groups excluding carboxylic acids is 1. The van der Waals surface area contributed by atoms with Crippen LogP contribution < -0.4 is 0 Å². The van der Waals surface area contributed by atoms with Crippen LogP contribution in [0, 0.1) is 6.92 Å². The van der Waals surface area contributed by atoms with Crippen LogP contribution in [0.3, 0.4) is 0 Å². The quantitative estimate of drug-likeness (QED) is 0.754. The van der Waals surface area contributed by atoms with E-state index < -0.39 is 0 Å². The number of hydrogen-bond acceptors (Lipinski definition) is 2. The van der Waals surface area contributed by atoms with Crippen molar-refractivity contribution in [3.8, 4) is 0 Å². The van der Waals surface area contributed by atoms with E-state index in [9.17, 15) is 4.79 Å². The Morgan fingerprint density at radius 2 is 1.83 bits per heavy atom. The third-order valence-electron chi connectivity index (χ3n) is 3.17. The number of carbonyl (C=O) groups is 1. The first-order chi connectivity index (χ1) is 8.58. The fourth-order valence-corrected chi connectivity index (χ4v) is 1.98. The molecule has 0 spiro atoms. The molecule has 2 nitrogen and oxygen atoms in total. The highest BCUT2D eigenvalue weighted by molar-refractivity contribution is 5.98. The van der Waals surface area contributed by atoms with E-state index in [4.69, 9.17) is 4.42 Å². The van der Waals surface area contributed by atoms with Gasteiger partial charge in [0.05, 0.1) is 11.8 Å². The molecule has 0 bridgehead atoms. The lowest BCUT2D eigenvalue weighted by Crippen LogP contribution is -2.03. The van der Waals surface area contributed by atoms with E-state index in [0.29, 0.717) is 23.7 Å². The van der Waals surface area contributed by atoms with Gasteiger partial charge in [0.1, 0.15) is 5.76 Å². The lowest BCUT2D eigenvalue weighted by molar-refractivity contribution is 0.0991. The summed E-state index contributed by atoms with van der Waals surface area (Å²) in [6.07, 6.45) is 1.99. The first-order valence-electron chi connectivity index (χ1n) is 6.24. The largest absolute Gasteiger partial charge is 0.469 e. The average Bonchev–Trinajstić information content (AvgIpc) is 2.76. The van der Waals surface area contributed by atoms with Crippen LogP contribution >= 0.6 is 0 Å². The lowest BCUT2D eigenvalue weighted by atomic mass is 9.98. The SMILES string of the molecule is Cc1occc1C(=O)Cc1ccc(C(C)C)cc1. The molecule has 0 amide bonds. The molecule has 0 N–H and O–H groups in total. The van der Waals surface area contributed by atoms with Gasteiger partial charge in [0.25, 0.3) is 0 Å². The van der Waals surface area contributed by atoms with Crippen molar-refractivity contribution < 1.29 is 9.21 Å². The maximum Gasteiger partial charge on any atom is 0.170 e. The van der Waals surface area contributed by atoms with Gasteiger partial charge in [-0.05, 0) is 30.0 Å². The smallest absolute Gasteiger partial charge is 0.170 e. The summed E-state index contributed by atoms with van der Waals surface area (Å²) in [7, 11) is 0. The van der Waals surface area contributed by atoms with E-state index in [2.05, 4.69) is 26.0 Å². The molecule has 0 aliphatic rings. The van der Waals surface area contributed by atoms with Crippen LogP contribution in [0.5, 0.6) is 0 Å². The Hall–Kier alpha value is -1.83. The van der Waals surface area contributed by atoms with Crippen molar-refractivity contribution in [1.82, 2.24) is 0 Å². The summed E-state index contributed by atoms with van der Waals surface area (Å²) in [5, 5.41) is 0. The number of hydrogen-bond donors (Lipinski definition) is 0. The minimum atomic E-state index is 0.110. The highest BCUT2D eigenvalue weighted by Gasteiger charge is 2.12. The number of furan rings is 1. The maximum absolute atomic E-state index is 12.1. The minimum absolute atomic E-state index is 0.110. The molecule has 0 radical (unpaired) electrons. The normalized spacial score (nSPS) is 10.9. The van der Waals surface area contributed by atoms with Gasteiger partial charge < -0.3 is 4.42 Å². The van der Waals surface area contributed by atoms with E-state index >= 15 is 0 Å². The predicted octanol–water partition coefficient (Wildman–Crippen LogP) is 4.14. The molecule has 2 aromatic rings. The molecule has 0 fully saturated rings. The first-order valence-corrected chi connectivity index (χ1v) is 6.24. The number of aryl methyl sites for hydroxylation is 1. The molecular formula is C16H18O2. The van der Waals surface area contributed by atoms with Gasteiger partial charge in [-0.1, -0.05) is 38.1 Å². The van der Waals surface area contributed by atoms with Gasteiger partial charge in [0, 0.05) is 6.42 Å². The summed E-state index contributed by atoms with van der Waals surface area (Å²) in [6, 6.07) is 9.98. The van der Waals surface area contributed by atoms with Crippen molar-refractivity contribution in [1.29, 1.82) is 0 Å². The highest BCUT2D eigenvalue weighted by atomic mass is 16.3. The molecule has 0 aliphatic heterocycles. The van der Waals surface area contributed by atoms with Crippen molar-refractivity contribution in [2.24, 2.45) is 0 Å². The summed E-state index contributed by atoms with van der Waals surface area (Å²) in [5.74, 6) is 1.32. The van der Waals surface area contributed by atoms with E-state index in [1.54, 1.807) is 12.3 Å². The van der Waals surface area contributed by atoms with Gasteiger partial charge in [0.2, 0.25) is 0 Å². The molecule has 0 atom stereocenters. The molecule has 0 saturated carbocycles. The molecule has 0 aliphatic carbocycles. The number of Topliss-reactive ketones (excluding diaryl/α,β-unsaturated/α-hetero) is 1. The Balaban J connectivity index is 2.10. The number of rotatable bonds is 4. The van der Waals surface area contributed by atoms with Crippen LogP contribution in [0.1, 0.15) is 47.0 Å². The molecule has 2 heteroatoms. The number of ketones is 1. The predicted molar refractivity (Wildman–Crippen MR) is 72.0 cm³/mol. The van der Waals surface area contributed by atoms with E-state index in [1.807, 2.05) is 19.1 Å². The fourth-order valence-electron chi connectivity index (χ4n) is 1.98. The van der Waals surface area contributed by atoms with Crippen LogP contribution in [-0.2, 0) is 6.42 Å². The Labute approximate surface area is 108 Å². The lowest BCUT2D eigenvalue weighted by Gasteiger charge is -2.06. The average molecular weight is 242 g/mol. The maximum atomic E-state index is 12.1. The number of benzene rings is 1. The van der Waals surface area contributed by atoms with Crippen LogP contribution in [0.25, 0.3) is 0 Å². The Morgan fingerprint density at radius 1 is 1.17 bits per heavy atom. The molecular weight excluding hydrogens is 224 g/mol. The van der Waals surface area contributed by atoms with Crippen molar-refractivity contribution in [2.45, 2.75) is 33.1 Å². The molecule has 18 heavy (non-hydrogen) atoms. The summed E-state index contributed by atoms with van der Waals surface area (Å²) < 4.78 is 5.15. The van der Waals surface area contributed by atoms with Gasteiger partial charge in [-0.3, -0.25) is 4.79 Å². The zero-order valence-electron chi connectivity index (χ0n) is 11.1. The monoisotopic (exact) mass is 242 g/mol. The second-order valence-electron chi connectivity index (χ2n) is 4.89. The Kier molecular flexibility index (Phi) is 3.66. The van der Waals surface area contributed by atoms with Gasteiger partial charge in [0.15, 0.2) is 5.78 Å². The zero-order valence-corrected chi connectivity index (χ0v) is 11.1. The van der Waals surface area contributed by atoms with Gasteiger partial charge >= 0.3 is 0 Å². The van der Waals surface area contributed by atoms with Gasteiger partial charge in [-0.15, -0.1) is 0 Å². The molecule has 94 valence electrons. The molecule has 1 aromatic carbocycles. The summed E-state index contributed by atoms with van der Waals surface area (Å²) in [4.78, 5) is 12.1. The topological polar surface area (TPSA) is 30.2 Å². The second-order valence-corrected chi connectivity index (χ2v) is 4.89. The third-order valence-corrected chi connectivity index (χ3v) is 3.17. The second kappa shape index (κ2) is 5.21. The van der Waals surface area contributed by atoms with Gasteiger partial charge in [-0.2, -0.15) is 0 Å². The Morgan fingerprint density at radius 3 is 2.33 bits per heavy atom. The van der Waals surface area contributed by atoms with E-state index in [-0.39, 0.29) is 5.78 Å². The molecule has 0 unspecified atom stereocenters. The van der Waals surface area contributed by atoms with E-state index in [1.165, 1.54) is 5.56 Å². The van der Waals surface area contributed by atoms with Crippen molar-refractivity contribution in [3.63, 3.8) is 0 Å². The standard InChI is InChI=1S/C16H18O2/c1-11(2)14-6-4-13(5-7-14)10-16(17)15-8-9-18-12(15)3/h4-9,11H,10H2,1-3H3. The van der Waals surface area contributed by atoms with Crippen LogP contribution in [0.15, 0.2) is 41.0 Å².